The molecule has 11 N–H and O–H groups in total. The van der Waals surface area contributed by atoms with Crippen molar-refractivity contribution in [1.82, 2.24) is 30.2 Å². The Labute approximate surface area is 316 Å². The van der Waals surface area contributed by atoms with Crippen LogP contribution in [0, 0.1) is 5.41 Å². The Morgan fingerprint density at radius 1 is 1.07 bits per heavy atom. The van der Waals surface area contributed by atoms with Crippen molar-refractivity contribution in [2.24, 2.45) is 5.41 Å². The number of rotatable bonds is 22. The summed E-state index contributed by atoms with van der Waals surface area (Å²) in [5.74, 6) is -1.20. The third kappa shape index (κ3) is 14.5. The Morgan fingerprint density at radius 3 is 2.44 bits per heavy atom. The molecule has 3 rings (SSSR count). The van der Waals surface area contributed by atoms with Gasteiger partial charge in [-0.3, -0.25) is 32.5 Å². The number of allylic oxidation sites excluding steroid dienone is 1. The van der Waals surface area contributed by atoms with Crippen LogP contribution in [-0.2, 0) is 50.7 Å². The highest BCUT2D eigenvalue weighted by molar-refractivity contribution is 8.13. The van der Waals surface area contributed by atoms with Crippen molar-refractivity contribution < 1.29 is 85.6 Å². The number of fused-ring (bicyclic) bond motifs is 1. The number of nitrogen functional groups attached to an aromatic ring is 1. The van der Waals surface area contributed by atoms with Gasteiger partial charge in [-0.1, -0.05) is 25.6 Å². The first-order valence-corrected chi connectivity index (χ1v) is 21.4. The fourth-order valence-electron chi connectivity index (χ4n) is 4.64. The van der Waals surface area contributed by atoms with Crippen LogP contribution in [-0.4, -0.2) is 128 Å². The van der Waals surface area contributed by atoms with E-state index in [2.05, 4.69) is 34.4 Å². The maximum absolute atomic E-state index is 12.7. The molecule has 7 atom stereocenters. The molecule has 55 heavy (non-hydrogen) atoms. The number of imidazole rings is 1. The average molecular weight is 866 g/mol. The number of phosphoric acid groups is 3. The van der Waals surface area contributed by atoms with E-state index in [4.69, 9.17) is 24.6 Å². The van der Waals surface area contributed by atoms with Crippen LogP contribution in [0.3, 0.4) is 0 Å². The molecule has 0 spiro atoms. The van der Waals surface area contributed by atoms with Crippen molar-refractivity contribution in [3.63, 3.8) is 0 Å². The van der Waals surface area contributed by atoms with E-state index in [1.807, 2.05) is 0 Å². The highest BCUT2D eigenvalue weighted by Crippen LogP contribution is 2.61. The predicted octanol–water partition coefficient (Wildman–Crippen LogP) is -0.483. The van der Waals surface area contributed by atoms with Crippen LogP contribution in [0.25, 0.3) is 11.2 Å². The molecule has 2 aromatic heterocycles. The summed E-state index contributed by atoms with van der Waals surface area (Å²) in [5.41, 5.74) is 4.24. The van der Waals surface area contributed by atoms with Crippen molar-refractivity contribution in [3.05, 3.63) is 25.0 Å². The van der Waals surface area contributed by atoms with E-state index in [1.165, 1.54) is 19.9 Å². The molecule has 29 heteroatoms. The van der Waals surface area contributed by atoms with E-state index in [-0.39, 0.29) is 48.0 Å². The van der Waals surface area contributed by atoms with Crippen molar-refractivity contribution in [2.45, 2.75) is 63.8 Å². The fourth-order valence-corrected chi connectivity index (χ4v) is 8.17. The zero-order chi connectivity index (χ0) is 41.2. The number of aliphatic hydroxyl groups is 3. The maximum Gasteiger partial charge on any atom is 0.481 e. The first-order valence-electron chi connectivity index (χ1n) is 15.9. The Kier molecular flexibility index (Phi) is 16.9. The second-order valence-corrected chi connectivity index (χ2v) is 17.6. The minimum atomic E-state index is -5.57. The van der Waals surface area contributed by atoms with Crippen molar-refractivity contribution in [2.75, 3.05) is 37.8 Å². The lowest BCUT2D eigenvalue weighted by Crippen LogP contribution is -2.46. The van der Waals surface area contributed by atoms with E-state index in [0.717, 1.165) is 35.2 Å². The second kappa shape index (κ2) is 20.0. The molecule has 0 saturated carbocycles. The molecule has 1 fully saturated rings. The summed E-state index contributed by atoms with van der Waals surface area (Å²) in [5, 5.41) is 34.7. The van der Waals surface area contributed by atoms with Crippen LogP contribution in [0.4, 0.5) is 5.82 Å². The molecule has 2 unspecified atom stereocenters. The minimum Gasteiger partial charge on any atom is -0.516 e. The molecule has 0 aromatic carbocycles. The fraction of sp³-hybridized carbons (Fsp3) is 0.615. The maximum atomic E-state index is 12.7. The Morgan fingerprint density at radius 2 is 1.76 bits per heavy atom. The van der Waals surface area contributed by atoms with Gasteiger partial charge in [0.1, 0.15) is 36.3 Å². The Hall–Kier alpha value is -2.90. The van der Waals surface area contributed by atoms with E-state index in [0.29, 0.717) is 12.2 Å². The number of hydrogen-bond donors (Lipinski definition) is 10. The van der Waals surface area contributed by atoms with Gasteiger partial charge in [0.2, 0.25) is 11.8 Å². The Balaban J connectivity index is 1.49. The summed E-state index contributed by atoms with van der Waals surface area (Å²) in [6, 6.07) is 0. The number of aliphatic hydroxyl groups excluding tert-OH is 3. The van der Waals surface area contributed by atoms with Gasteiger partial charge in [0.25, 0.3) is 0 Å². The molecule has 1 saturated heterocycles. The molecule has 25 nitrogen and oxygen atoms in total. The summed E-state index contributed by atoms with van der Waals surface area (Å²) < 4.78 is 62.0. The van der Waals surface area contributed by atoms with Crippen LogP contribution in [0.2, 0.25) is 0 Å². The number of aromatic nitrogens is 4. The summed E-state index contributed by atoms with van der Waals surface area (Å²) in [4.78, 5) is 87.1. The zero-order valence-electron chi connectivity index (χ0n) is 29.1. The number of nitrogens with zero attached hydrogens (tertiary/aromatic N) is 4. The number of amides is 2. The van der Waals surface area contributed by atoms with E-state index in [9.17, 15) is 57.9 Å². The lowest BCUT2D eigenvalue weighted by Gasteiger charge is -2.30. The van der Waals surface area contributed by atoms with Crippen LogP contribution in [0.5, 0.6) is 0 Å². The number of nitrogens with one attached hydrogen (secondary N) is 2. The van der Waals surface area contributed by atoms with E-state index in [1.54, 1.807) is 0 Å². The van der Waals surface area contributed by atoms with Gasteiger partial charge in [-0.25, -0.2) is 28.6 Å². The normalized spacial score (nSPS) is 22.0. The van der Waals surface area contributed by atoms with E-state index >= 15 is 0 Å². The van der Waals surface area contributed by atoms with Gasteiger partial charge in [-0.05, 0) is 12.5 Å². The van der Waals surface area contributed by atoms with Gasteiger partial charge >= 0.3 is 23.5 Å². The molecule has 0 bridgehead atoms. The van der Waals surface area contributed by atoms with Gasteiger partial charge in [-0.15, -0.1) is 0 Å². The number of phosphoric ester groups is 3. The number of carbonyl (C=O) groups is 3. The van der Waals surface area contributed by atoms with E-state index < -0.39 is 84.6 Å². The number of anilines is 1. The molecule has 2 aromatic rings. The SMILES string of the molecule is CC(C)(COP(=O)(O)OP(=O)(O)OC[C@H]1O[C@@H](n2cnc3c(N)ncnc32)[C@H](O)[C@@H]1OP(=O)(O)O)[C@@H](O)C(=O)NCCC(=O)NCCSC(=O)CCC=CO. The third-order valence-electron chi connectivity index (χ3n) is 7.39. The van der Waals surface area contributed by atoms with Gasteiger partial charge in [0.05, 0.1) is 25.8 Å². The smallest absolute Gasteiger partial charge is 0.481 e. The van der Waals surface area contributed by atoms with Gasteiger partial charge in [0, 0.05) is 37.1 Å². The molecule has 310 valence electrons. The van der Waals surface area contributed by atoms with Crippen molar-refractivity contribution >= 4 is 69.1 Å². The molecular weight excluding hydrogens is 823 g/mol. The number of thioether (sulfide) groups is 1. The lowest BCUT2D eigenvalue weighted by atomic mass is 9.87. The quantitative estimate of drug-likeness (QED) is 0.0406. The molecule has 2 amide bonds. The summed E-state index contributed by atoms with van der Waals surface area (Å²) in [6.45, 7) is 0.398. The summed E-state index contributed by atoms with van der Waals surface area (Å²) in [6.07, 6.45) is -4.10. The third-order valence-corrected chi connectivity index (χ3v) is 11.4. The lowest BCUT2D eigenvalue weighted by molar-refractivity contribution is -0.137. The van der Waals surface area contributed by atoms with Gasteiger partial charge in [-0.2, -0.15) is 4.31 Å². The largest absolute Gasteiger partial charge is 0.516 e. The standard InChI is InChI=1S/C26H42N7O18P3S/c1-26(2,21(38)24(39)29-7-6-16(35)28-8-10-55-17(36)5-3-4-9-34)12-48-54(45,46)51-53(43,44)47-11-15-20(50-52(40,41)42)19(37)25(49-15)33-14-32-18-22(27)30-13-31-23(18)33/h4,9,13-15,19-21,25,34,37-38H,3,5-8,10-12H2,1-2H3,(H,28,35)(H,29,39)(H,43,44)(H,45,46)(H2,27,30,31)(H2,40,41,42)/t15-,19-,20-,21+,25-/m1/s1. The van der Waals surface area contributed by atoms with Gasteiger partial charge in [0.15, 0.2) is 22.8 Å². The molecule has 1 aliphatic rings. The molecule has 3 heterocycles. The van der Waals surface area contributed by atoms with Crippen molar-refractivity contribution in [1.29, 1.82) is 0 Å². The molecular formula is C26H42N7O18P3S. The molecule has 0 aliphatic carbocycles. The summed E-state index contributed by atoms with van der Waals surface area (Å²) >= 11 is 1.01. The number of ether oxygens (including phenoxy) is 1. The first-order chi connectivity index (χ1) is 25.6. The number of nitrogens with two attached hydrogens (primary N) is 1. The summed E-state index contributed by atoms with van der Waals surface area (Å²) in [7, 11) is -16.4. The zero-order valence-corrected chi connectivity index (χ0v) is 32.6. The van der Waals surface area contributed by atoms with Crippen LogP contribution in [0.15, 0.2) is 25.0 Å². The Bertz CT molecular complexity index is 1830. The topological polar surface area (TPSA) is 384 Å². The molecule has 0 radical (unpaired) electrons. The minimum absolute atomic E-state index is 0.0260. The number of hydrogen-bond acceptors (Lipinski definition) is 19. The highest BCUT2D eigenvalue weighted by atomic mass is 32.2. The predicted molar refractivity (Wildman–Crippen MR) is 188 cm³/mol. The van der Waals surface area contributed by atoms with Gasteiger partial charge < -0.3 is 56.0 Å². The number of carbonyl (C=O) groups excluding carboxylic acids is 3. The monoisotopic (exact) mass is 865 g/mol. The second-order valence-electron chi connectivity index (χ2n) is 12.2. The van der Waals surface area contributed by atoms with Crippen LogP contribution in [0.1, 0.15) is 39.3 Å². The first kappa shape index (κ1) is 46.5. The molecule has 1 aliphatic heterocycles. The van der Waals surface area contributed by atoms with Crippen LogP contribution < -0.4 is 16.4 Å². The average Bonchev–Trinajstić information content (AvgIpc) is 3.64. The highest BCUT2D eigenvalue weighted by Gasteiger charge is 2.50. The van der Waals surface area contributed by atoms with Crippen LogP contribution >= 0.6 is 35.2 Å². The van der Waals surface area contributed by atoms with Crippen molar-refractivity contribution in [3.8, 4) is 0 Å².